The number of nitrogens with zero attached hydrogens (tertiary/aromatic N) is 3. The number of amides is 2. The molecule has 0 saturated carbocycles. The molecule has 132 valence electrons. The summed E-state index contributed by atoms with van der Waals surface area (Å²) >= 11 is 1.14. The van der Waals surface area contributed by atoms with Gasteiger partial charge in [0.25, 0.3) is 0 Å². The van der Waals surface area contributed by atoms with Crippen LogP contribution in [0.15, 0.2) is 29.4 Å². The van der Waals surface area contributed by atoms with Gasteiger partial charge in [0, 0.05) is 6.54 Å². The standard InChI is InChI=1S/C16H18FN5O2S/c17-11-6-2-1-5-10(11)15-19-16(21-20-15)25-9-13(23)22-8-4-3-7-12(22)14(18)24/h1-2,5-6,12H,3-4,7-9H2,(H2,18,24)(H,19,20,21). The average Bonchev–Trinajstić information content (AvgIpc) is 3.08. The third-order valence-electron chi connectivity index (χ3n) is 4.07. The molecule has 3 N–H and O–H groups in total. The maximum atomic E-state index is 13.8. The van der Waals surface area contributed by atoms with Crippen LogP contribution in [-0.2, 0) is 9.59 Å². The van der Waals surface area contributed by atoms with E-state index in [-0.39, 0.29) is 11.7 Å². The van der Waals surface area contributed by atoms with Crippen LogP contribution in [0.2, 0.25) is 0 Å². The summed E-state index contributed by atoms with van der Waals surface area (Å²) in [5.74, 6) is -0.647. The van der Waals surface area contributed by atoms with Gasteiger partial charge in [-0.15, -0.1) is 5.10 Å². The lowest BCUT2D eigenvalue weighted by Gasteiger charge is -2.33. The third kappa shape index (κ3) is 3.98. The van der Waals surface area contributed by atoms with Crippen molar-refractivity contribution in [1.82, 2.24) is 20.1 Å². The van der Waals surface area contributed by atoms with Crippen LogP contribution in [0.3, 0.4) is 0 Å². The normalized spacial score (nSPS) is 17.5. The van der Waals surface area contributed by atoms with Crippen LogP contribution < -0.4 is 5.73 Å². The first-order valence-electron chi connectivity index (χ1n) is 7.95. The number of benzene rings is 1. The number of rotatable bonds is 5. The zero-order valence-electron chi connectivity index (χ0n) is 13.4. The Balaban J connectivity index is 1.63. The highest BCUT2D eigenvalue weighted by Gasteiger charge is 2.30. The lowest BCUT2D eigenvalue weighted by Crippen LogP contribution is -2.51. The fourth-order valence-electron chi connectivity index (χ4n) is 2.82. The Labute approximate surface area is 148 Å². The number of hydrogen-bond donors (Lipinski definition) is 2. The molecule has 1 unspecified atom stereocenters. The molecule has 0 bridgehead atoms. The highest BCUT2D eigenvalue weighted by molar-refractivity contribution is 7.99. The molecule has 0 spiro atoms. The number of carbonyl (C=O) groups excluding carboxylic acids is 2. The van der Waals surface area contributed by atoms with Gasteiger partial charge in [-0.1, -0.05) is 23.9 Å². The van der Waals surface area contributed by atoms with Crippen molar-refractivity contribution in [3.8, 4) is 11.4 Å². The SMILES string of the molecule is NC(=O)C1CCCCN1C(=O)CSc1n[nH]c(-c2ccccc2F)n1. The van der Waals surface area contributed by atoms with E-state index in [2.05, 4.69) is 15.2 Å². The summed E-state index contributed by atoms with van der Waals surface area (Å²) in [6.45, 7) is 0.529. The molecule has 3 rings (SSSR count). The molecule has 1 saturated heterocycles. The van der Waals surface area contributed by atoms with Crippen LogP contribution in [0.25, 0.3) is 11.4 Å². The number of halogens is 1. The minimum Gasteiger partial charge on any atom is -0.368 e. The molecule has 1 fully saturated rings. The fourth-order valence-corrected chi connectivity index (χ4v) is 3.50. The van der Waals surface area contributed by atoms with Gasteiger partial charge in [-0.3, -0.25) is 14.7 Å². The Kier molecular flexibility index (Phi) is 5.32. The molecule has 1 aromatic carbocycles. The number of H-pyrrole nitrogens is 1. The van der Waals surface area contributed by atoms with Crippen LogP contribution in [0.5, 0.6) is 0 Å². The Morgan fingerprint density at radius 2 is 2.16 bits per heavy atom. The number of primary amides is 1. The molecule has 0 radical (unpaired) electrons. The van der Waals surface area contributed by atoms with Crippen molar-refractivity contribution in [2.24, 2.45) is 5.73 Å². The Morgan fingerprint density at radius 1 is 1.36 bits per heavy atom. The van der Waals surface area contributed by atoms with E-state index in [4.69, 9.17) is 5.73 Å². The van der Waals surface area contributed by atoms with E-state index in [1.165, 1.54) is 11.0 Å². The summed E-state index contributed by atoms with van der Waals surface area (Å²) in [7, 11) is 0. The number of aromatic amines is 1. The fraction of sp³-hybridized carbons (Fsp3) is 0.375. The monoisotopic (exact) mass is 363 g/mol. The van der Waals surface area contributed by atoms with E-state index < -0.39 is 17.8 Å². The zero-order chi connectivity index (χ0) is 17.8. The molecule has 9 heteroatoms. The molecule has 0 aliphatic carbocycles. The number of carbonyl (C=O) groups is 2. The van der Waals surface area contributed by atoms with Crippen LogP contribution in [-0.4, -0.2) is 50.2 Å². The topological polar surface area (TPSA) is 105 Å². The molecule has 2 aromatic rings. The second kappa shape index (κ2) is 7.64. The molecular weight excluding hydrogens is 345 g/mol. The molecular formula is C16H18FN5O2S. The van der Waals surface area contributed by atoms with Crippen LogP contribution in [0, 0.1) is 5.82 Å². The highest BCUT2D eigenvalue weighted by atomic mass is 32.2. The van der Waals surface area contributed by atoms with Gasteiger partial charge in [0.1, 0.15) is 11.9 Å². The van der Waals surface area contributed by atoms with E-state index in [1.807, 2.05) is 0 Å². The predicted octanol–water partition coefficient (Wildman–Crippen LogP) is 1.57. The van der Waals surface area contributed by atoms with Crippen molar-refractivity contribution in [2.75, 3.05) is 12.3 Å². The Morgan fingerprint density at radius 3 is 2.92 bits per heavy atom. The number of likely N-dealkylation sites (tertiary alicyclic amines) is 1. The van der Waals surface area contributed by atoms with Gasteiger partial charge < -0.3 is 10.6 Å². The van der Waals surface area contributed by atoms with E-state index in [0.29, 0.717) is 29.5 Å². The average molecular weight is 363 g/mol. The van der Waals surface area contributed by atoms with Gasteiger partial charge in [0.05, 0.1) is 11.3 Å². The minimum atomic E-state index is -0.539. The maximum Gasteiger partial charge on any atom is 0.240 e. The van der Waals surface area contributed by atoms with Gasteiger partial charge >= 0.3 is 0 Å². The first-order valence-corrected chi connectivity index (χ1v) is 8.93. The number of aromatic nitrogens is 3. The molecule has 1 aromatic heterocycles. The molecule has 2 heterocycles. The molecule has 7 nitrogen and oxygen atoms in total. The predicted molar refractivity (Wildman–Crippen MR) is 91.0 cm³/mol. The van der Waals surface area contributed by atoms with E-state index in [1.54, 1.807) is 18.2 Å². The Bertz CT molecular complexity index is 781. The summed E-state index contributed by atoms with van der Waals surface area (Å²) < 4.78 is 13.8. The maximum absolute atomic E-state index is 13.8. The smallest absolute Gasteiger partial charge is 0.240 e. The summed E-state index contributed by atoms with van der Waals surface area (Å²) in [4.78, 5) is 29.6. The quantitative estimate of drug-likeness (QED) is 0.785. The second-order valence-electron chi connectivity index (χ2n) is 5.74. The summed E-state index contributed by atoms with van der Waals surface area (Å²) in [6, 6.07) is 5.70. The van der Waals surface area contributed by atoms with Crippen molar-refractivity contribution >= 4 is 23.6 Å². The Hall–Kier alpha value is -2.42. The van der Waals surface area contributed by atoms with Crippen molar-refractivity contribution in [3.05, 3.63) is 30.1 Å². The van der Waals surface area contributed by atoms with Crippen LogP contribution in [0.4, 0.5) is 4.39 Å². The third-order valence-corrected chi connectivity index (χ3v) is 4.90. The lowest BCUT2D eigenvalue weighted by molar-refractivity contribution is -0.138. The van der Waals surface area contributed by atoms with Crippen molar-refractivity contribution in [3.63, 3.8) is 0 Å². The number of thioether (sulfide) groups is 1. The number of nitrogens with one attached hydrogen (secondary N) is 1. The van der Waals surface area contributed by atoms with Crippen LogP contribution >= 0.6 is 11.8 Å². The molecule has 2 amide bonds. The summed E-state index contributed by atoms with van der Waals surface area (Å²) in [5.41, 5.74) is 5.70. The van der Waals surface area contributed by atoms with Gasteiger partial charge in [-0.2, -0.15) is 0 Å². The van der Waals surface area contributed by atoms with Gasteiger partial charge in [0.15, 0.2) is 5.82 Å². The van der Waals surface area contributed by atoms with E-state index in [0.717, 1.165) is 24.6 Å². The summed E-state index contributed by atoms with van der Waals surface area (Å²) in [5, 5.41) is 7.02. The lowest BCUT2D eigenvalue weighted by atomic mass is 10.0. The molecule has 25 heavy (non-hydrogen) atoms. The zero-order valence-corrected chi connectivity index (χ0v) is 14.3. The van der Waals surface area contributed by atoms with Crippen molar-refractivity contribution < 1.29 is 14.0 Å². The number of nitrogens with two attached hydrogens (primary N) is 1. The molecule has 1 aliphatic rings. The largest absolute Gasteiger partial charge is 0.368 e. The van der Waals surface area contributed by atoms with Gasteiger partial charge in [-0.05, 0) is 31.4 Å². The van der Waals surface area contributed by atoms with Gasteiger partial charge in [0.2, 0.25) is 17.0 Å². The first-order chi connectivity index (χ1) is 12.1. The van der Waals surface area contributed by atoms with Crippen molar-refractivity contribution in [1.29, 1.82) is 0 Å². The van der Waals surface area contributed by atoms with Crippen LogP contribution in [0.1, 0.15) is 19.3 Å². The highest BCUT2D eigenvalue weighted by Crippen LogP contribution is 2.23. The first kappa shape index (κ1) is 17.4. The van der Waals surface area contributed by atoms with E-state index in [9.17, 15) is 14.0 Å². The molecule has 1 aliphatic heterocycles. The molecule has 1 atom stereocenters. The van der Waals surface area contributed by atoms with Crippen molar-refractivity contribution in [2.45, 2.75) is 30.5 Å². The number of piperidine rings is 1. The van der Waals surface area contributed by atoms with Gasteiger partial charge in [-0.25, -0.2) is 9.37 Å². The summed E-state index contributed by atoms with van der Waals surface area (Å²) in [6.07, 6.45) is 2.35. The minimum absolute atomic E-state index is 0.0956. The number of hydrogen-bond acceptors (Lipinski definition) is 5. The van der Waals surface area contributed by atoms with E-state index >= 15 is 0 Å². The second-order valence-corrected chi connectivity index (χ2v) is 6.68.